The Kier molecular flexibility index (Phi) is 6.21. The number of hydrogen-bond acceptors (Lipinski definition) is 5. The first kappa shape index (κ1) is 21.5. The van der Waals surface area contributed by atoms with Crippen LogP contribution in [0, 0.1) is 11.3 Å². The normalized spacial score (nSPS) is 12.4. The number of nitriles is 1. The Bertz CT molecular complexity index is 1080. The Hall–Kier alpha value is -2.77. The summed E-state index contributed by atoms with van der Waals surface area (Å²) in [6, 6.07) is 8.37. The molecule has 148 valence electrons. The van der Waals surface area contributed by atoms with Crippen molar-refractivity contribution in [3.63, 3.8) is 0 Å². The first-order valence-electron chi connectivity index (χ1n) is 7.37. The molecule has 0 spiro atoms. The van der Waals surface area contributed by atoms with E-state index in [9.17, 15) is 26.9 Å². The fourth-order valence-corrected chi connectivity index (χ4v) is 2.79. The highest BCUT2D eigenvalue weighted by Crippen LogP contribution is 2.36. The summed E-state index contributed by atoms with van der Waals surface area (Å²) in [5, 5.41) is 8.93. The molecule has 0 fully saturated rings. The largest absolute Gasteiger partial charge is 0.480 e. The molecule has 2 rings (SSSR count). The topological polar surface area (TPSA) is 88.8 Å². The fraction of sp³-hybridized carbons (Fsp3) is 0.176. The smallest absolute Gasteiger partial charge is 0.416 e. The van der Waals surface area contributed by atoms with E-state index in [4.69, 9.17) is 21.1 Å². The summed E-state index contributed by atoms with van der Waals surface area (Å²) in [4.78, 5) is 0. The molecule has 0 aliphatic heterocycles. The van der Waals surface area contributed by atoms with Crippen LogP contribution < -0.4 is 4.74 Å². The zero-order valence-corrected chi connectivity index (χ0v) is 16.0. The molecule has 0 aromatic heterocycles. The van der Waals surface area contributed by atoms with E-state index < -0.39 is 21.8 Å². The van der Waals surface area contributed by atoms with Crippen molar-refractivity contribution in [2.45, 2.75) is 6.18 Å². The maximum Gasteiger partial charge on any atom is 0.416 e. The highest BCUT2D eigenvalue weighted by Gasteiger charge is 2.31. The summed E-state index contributed by atoms with van der Waals surface area (Å²) in [5.41, 5.74) is -0.863. The van der Waals surface area contributed by atoms with Crippen molar-refractivity contribution in [1.29, 1.82) is 5.26 Å². The van der Waals surface area contributed by atoms with Crippen molar-refractivity contribution in [3.05, 3.63) is 58.1 Å². The molecule has 0 unspecified atom stereocenters. The summed E-state index contributed by atoms with van der Waals surface area (Å²) in [6.45, 7) is 0. The van der Waals surface area contributed by atoms with Gasteiger partial charge in [-0.3, -0.25) is 0 Å². The Morgan fingerprint density at radius 1 is 1.21 bits per heavy atom. The van der Waals surface area contributed by atoms with Crippen LogP contribution in [0.2, 0.25) is 5.02 Å². The maximum absolute atomic E-state index is 12.7. The van der Waals surface area contributed by atoms with Crippen LogP contribution in [0.25, 0.3) is 0 Å². The number of hydrogen-bond donors (Lipinski definition) is 0. The third-order valence-corrected chi connectivity index (χ3v) is 4.06. The molecule has 0 saturated carbocycles. The minimum absolute atomic E-state index is 0.0240. The predicted molar refractivity (Wildman–Crippen MR) is 96.1 cm³/mol. The van der Waals surface area contributed by atoms with E-state index in [0.717, 1.165) is 18.4 Å². The Labute approximate surface area is 163 Å². The number of benzene rings is 2. The van der Waals surface area contributed by atoms with Crippen LogP contribution in [0.3, 0.4) is 0 Å². The lowest BCUT2D eigenvalue weighted by atomic mass is 10.1. The predicted octanol–water partition coefficient (Wildman–Crippen LogP) is 4.38. The molecule has 0 atom stereocenters. The summed E-state index contributed by atoms with van der Waals surface area (Å²) < 4.78 is 74.8. The lowest BCUT2D eigenvalue weighted by Gasteiger charge is -2.13. The van der Waals surface area contributed by atoms with Gasteiger partial charge in [0.15, 0.2) is 0 Å². The van der Waals surface area contributed by atoms with Gasteiger partial charge in [-0.1, -0.05) is 11.6 Å². The number of methoxy groups -OCH3 is 1. The third-order valence-electron chi connectivity index (χ3n) is 3.27. The van der Waals surface area contributed by atoms with Crippen molar-refractivity contribution in [2.75, 3.05) is 13.4 Å². The molecule has 0 aliphatic rings. The Morgan fingerprint density at radius 3 is 2.39 bits per heavy atom. The maximum atomic E-state index is 12.7. The average molecular weight is 433 g/mol. The van der Waals surface area contributed by atoms with Crippen molar-refractivity contribution < 1.29 is 31.1 Å². The molecule has 0 saturated heterocycles. The molecular formula is C17H12ClF3N2O4S. The molecular weight excluding hydrogens is 421 g/mol. The second kappa shape index (κ2) is 8.08. The zero-order valence-electron chi connectivity index (χ0n) is 14.4. The lowest BCUT2D eigenvalue weighted by Crippen LogP contribution is -2.09. The number of rotatable bonds is 4. The first-order chi connectivity index (χ1) is 12.9. The molecule has 0 amide bonds. The lowest BCUT2D eigenvalue weighted by molar-refractivity contribution is -0.137. The quantitative estimate of drug-likeness (QED) is 0.528. The van der Waals surface area contributed by atoms with Crippen molar-refractivity contribution in [1.82, 2.24) is 0 Å². The van der Waals surface area contributed by atoms with Crippen LogP contribution in [0.5, 0.6) is 11.5 Å². The van der Waals surface area contributed by atoms with E-state index in [2.05, 4.69) is 4.40 Å². The molecule has 0 heterocycles. The second-order valence-electron chi connectivity index (χ2n) is 5.40. The van der Waals surface area contributed by atoms with E-state index in [1.807, 2.05) is 6.07 Å². The van der Waals surface area contributed by atoms with Crippen LogP contribution >= 0.6 is 11.6 Å². The Morgan fingerprint density at radius 2 is 1.89 bits per heavy atom. The number of nitrogens with zero attached hydrogens (tertiary/aromatic N) is 2. The molecule has 28 heavy (non-hydrogen) atoms. The van der Waals surface area contributed by atoms with Gasteiger partial charge in [-0.15, -0.1) is 4.40 Å². The summed E-state index contributed by atoms with van der Waals surface area (Å²) in [7, 11) is -2.65. The van der Waals surface area contributed by atoms with E-state index in [1.54, 1.807) is 0 Å². The van der Waals surface area contributed by atoms with Gasteiger partial charge in [0.05, 0.1) is 41.1 Å². The zero-order chi connectivity index (χ0) is 21.1. The molecule has 6 nitrogen and oxygen atoms in total. The fourth-order valence-electron chi connectivity index (χ4n) is 2.10. The standard InChI is InChI=1S/C17H12ClF3N2O4S/c1-26-16(23-28(2,24)25)13-8-12(5-3-10(13)9-22)27-15-6-4-11(7-14(15)18)17(19,20)21/h3-8H,1-2H3. The summed E-state index contributed by atoms with van der Waals surface area (Å²) >= 11 is 5.86. The van der Waals surface area contributed by atoms with Gasteiger partial charge in [0.2, 0.25) is 5.90 Å². The highest BCUT2D eigenvalue weighted by molar-refractivity contribution is 7.89. The minimum Gasteiger partial charge on any atom is -0.480 e. The average Bonchev–Trinajstić information content (AvgIpc) is 2.59. The molecule has 2 aromatic carbocycles. The minimum atomic E-state index is -4.56. The van der Waals surface area contributed by atoms with Crippen LogP contribution in [0.15, 0.2) is 40.8 Å². The van der Waals surface area contributed by atoms with Crippen molar-refractivity contribution in [3.8, 4) is 17.6 Å². The number of halogens is 4. The van der Waals surface area contributed by atoms with Crippen LogP contribution in [-0.4, -0.2) is 27.7 Å². The molecule has 11 heteroatoms. The summed E-state index contributed by atoms with van der Waals surface area (Å²) in [5.74, 6) is -0.332. The number of sulfonamides is 1. The van der Waals surface area contributed by atoms with Gasteiger partial charge in [-0.25, -0.2) is 8.42 Å². The van der Waals surface area contributed by atoms with E-state index >= 15 is 0 Å². The van der Waals surface area contributed by atoms with Crippen LogP contribution in [0.4, 0.5) is 13.2 Å². The molecule has 2 aromatic rings. The second-order valence-corrected chi connectivity index (χ2v) is 7.45. The van der Waals surface area contributed by atoms with Crippen molar-refractivity contribution in [2.24, 2.45) is 4.40 Å². The third kappa shape index (κ3) is 5.37. The van der Waals surface area contributed by atoms with E-state index in [1.165, 1.54) is 25.3 Å². The first-order valence-corrected chi connectivity index (χ1v) is 9.60. The van der Waals surface area contributed by atoms with E-state index in [-0.39, 0.29) is 33.5 Å². The van der Waals surface area contributed by atoms with Crippen molar-refractivity contribution >= 4 is 27.5 Å². The Balaban J connectivity index is 2.47. The highest BCUT2D eigenvalue weighted by atomic mass is 35.5. The molecule has 0 aliphatic carbocycles. The van der Waals surface area contributed by atoms with Crippen LogP contribution in [-0.2, 0) is 20.9 Å². The van der Waals surface area contributed by atoms with Gasteiger partial charge >= 0.3 is 6.18 Å². The van der Waals surface area contributed by atoms with Gasteiger partial charge in [0.1, 0.15) is 11.5 Å². The van der Waals surface area contributed by atoms with Crippen LogP contribution in [0.1, 0.15) is 16.7 Å². The SMILES string of the molecule is COC(=NS(C)(=O)=O)c1cc(Oc2ccc(C(F)(F)F)cc2Cl)ccc1C#N. The van der Waals surface area contributed by atoms with Gasteiger partial charge in [-0.2, -0.15) is 18.4 Å². The van der Waals surface area contributed by atoms with Gasteiger partial charge in [0.25, 0.3) is 10.0 Å². The number of ether oxygens (including phenoxy) is 2. The molecule has 0 N–H and O–H groups in total. The summed E-state index contributed by atoms with van der Waals surface area (Å²) in [6.07, 6.45) is -3.71. The molecule has 0 radical (unpaired) electrons. The van der Waals surface area contributed by atoms with Gasteiger partial charge in [-0.05, 0) is 36.4 Å². The van der Waals surface area contributed by atoms with E-state index in [0.29, 0.717) is 6.07 Å². The number of alkyl halides is 3. The van der Waals surface area contributed by atoms with Gasteiger partial charge < -0.3 is 9.47 Å². The monoisotopic (exact) mass is 432 g/mol. The van der Waals surface area contributed by atoms with Gasteiger partial charge in [0, 0.05) is 0 Å². The molecule has 0 bridgehead atoms.